The largest absolute Gasteiger partial charge is 0.334 e. The fourth-order valence-electron chi connectivity index (χ4n) is 3.15. The summed E-state index contributed by atoms with van der Waals surface area (Å²) in [5.41, 5.74) is 1.20. The van der Waals surface area contributed by atoms with E-state index < -0.39 is 0 Å². The first-order valence-electron chi connectivity index (χ1n) is 8.89. The van der Waals surface area contributed by atoms with Gasteiger partial charge in [0.2, 0.25) is 6.41 Å². The Hall–Kier alpha value is -2.22. The van der Waals surface area contributed by atoms with Crippen LogP contribution < -0.4 is 10.2 Å². The van der Waals surface area contributed by atoms with E-state index in [4.69, 9.17) is 11.6 Å². The molecule has 0 bridgehead atoms. The van der Waals surface area contributed by atoms with Crippen molar-refractivity contribution in [3.63, 3.8) is 0 Å². The minimum absolute atomic E-state index is 0.176. The molecule has 0 atom stereocenters. The molecule has 0 spiro atoms. The molecule has 2 aromatic rings. The Morgan fingerprint density at radius 1 is 1.14 bits per heavy atom. The highest BCUT2D eigenvalue weighted by molar-refractivity contribution is 9.10. The first kappa shape index (κ1) is 20.5. The molecule has 2 amide bonds. The van der Waals surface area contributed by atoms with Crippen molar-refractivity contribution in [2.24, 2.45) is 0 Å². The number of carbonyl (C=O) groups excluding carboxylic acids is 3. The zero-order valence-electron chi connectivity index (χ0n) is 15.1. The summed E-state index contributed by atoms with van der Waals surface area (Å²) in [5, 5.41) is 3.22. The molecule has 2 N–H and O–H groups in total. The maximum absolute atomic E-state index is 13.0. The number of hydrogen-bond donors (Lipinski definition) is 2. The molecule has 1 heterocycles. The number of benzene rings is 2. The van der Waals surface area contributed by atoms with Crippen LogP contribution in [-0.2, 0) is 9.59 Å². The van der Waals surface area contributed by atoms with Crippen molar-refractivity contribution in [2.75, 3.05) is 38.0 Å². The number of ketones is 1. The van der Waals surface area contributed by atoms with Crippen LogP contribution in [0.1, 0.15) is 15.9 Å². The maximum Gasteiger partial charge on any atom is 0.279 e. The zero-order valence-corrected chi connectivity index (χ0v) is 17.4. The number of rotatable bonds is 6. The van der Waals surface area contributed by atoms with Gasteiger partial charge in [0, 0.05) is 15.6 Å². The third kappa shape index (κ3) is 4.98. The Balaban J connectivity index is 1.74. The molecule has 6 nitrogen and oxygen atoms in total. The summed E-state index contributed by atoms with van der Waals surface area (Å²) in [6, 6.07) is 12.0. The number of anilines is 1. The van der Waals surface area contributed by atoms with Gasteiger partial charge >= 0.3 is 0 Å². The number of hydrogen-bond acceptors (Lipinski definition) is 3. The number of halogens is 2. The zero-order chi connectivity index (χ0) is 20.1. The SMILES string of the molecule is O=CN1CC[NH+](CC(=O)Nc2ccc(Br)cc2C(=O)c2ccccc2Cl)CC1. The summed E-state index contributed by atoms with van der Waals surface area (Å²) < 4.78 is 0.733. The number of nitrogens with zero attached hydrogens (tertiary/aromatic N) is 1. The third-order valence-electron chi connectivity index (χ3n) is 4.68. The van der Waals surface area contributed by atoms with E-state index in [1.165, 1.54) is 0 Å². The van der Waals surface area contributed by atoms with Gasteiger partial charge in [0.05, 0.1) is 36.9 Å². The molecule has 1 aliphatic rings. The predicted octanol–water partition coefficient (Wildman–Crippen LogP) is 1.63. The van der Waals surface area contributed by atoms with E-state index in [1.54, 1.807) is 47.4 Å². The van der Waals surface area contributed by atoms with Gasteiger partial charge in [0.15, 0.2) is 12.3 Å². The Bertz CT molecular complexity index is 898. The number of carbonyl (C=O) groups is 3. The van der Waals surface area contributed by atoms with Gasteiger partial charge in [-0.1, -0.05) is 39.7 Å². The van der Waals surface area contributed by atoms with E-state index in [2.05, 4.69) is 21.2 Å². The molecule has 0 unspecified atom stereocenters. The average molecular weight is 466 g/mol. The molecule has 28 heavy (non-hydrogen) atoms. The minimum Gasteiger partial charge on any atom is -0.334 e. The lowest BCUT2D eigenvalue weighted by atomic mass is 10.0. The molecule has 2 aromatic carbocycles. The topological polar surface area (TPSA) is 70.9 Å². The van der Waals surface area contributed by atoms with Crippen LogP contribution in [0.25, 0.3) is 0 Å². The van der Waals surface area contributed by atoms with Gasteiger partial charge in [-0.3, -0.25) is 14.4 Å². The first-order valence-corrected chi connectivity index (χ1v) is 10.1. The second-order valence-electron chi connectivity index (χ2n) is 6.62. The van der Waals surface area contributed by atoms with Crippen molar-refractivity contribution in [1.82, 2.24) is 4.90 Å². The Labute approximate surface area is 176 Å². The van der Waals surface area contributed by atoms with E-state index in [1.807, 2.05) is 0 Å². The van der Waals surface area contributed by atoms with Crippen LogP contribution in [-0.4, -0.2) is 55.7 Å². The number of amides is 2. The molecule has 146 valence electrons. The summed E-state index contributed by atoms with van der Waals surface area (Å²) in [4.78, 5) is 39.1. The van der Waals surface area contributed by atoms with Crippen molar-refractivity contribution in [2.45, 2.75) is 0 Å². The predicted molar refractivity (Wildman–Crippen MR) is 111 cm³/mol. The third-order valence-corrected chi connectivity index (χ3v) is 5.51. The quantitative estimate of drug-likeness (QED) is 0.503. The lowest BCUT2D eigenvalue weighted by Gasteiger charge is -2.29. The van der Waals surface area contributed by atoms with Crippen LogP contribution >= 0.6 is 27.5 Å². The van der Waals surface area contributed by atoms with Gasteiger partial charge in [0.1, 0.15) is 0 Å². The van der Waals surface area contributed by atoms with Crippen LogP contribution in [0, 0.1) is 0 Å². The summed E-state index contributed by atoms with van der Waals surface area (Å²) in [7, 11) is 0. The summed E-state index contributed by atoms with van der Waals surface area (Å²) in [6.07, 6.45) is 0.839. The highest BCUT2D eigenvalue weighted by atomic mass is 79.9. The van der Waals surface area contributed by atoms with E-state index in [-0.39, 0.29) is 18.2 Å². The van der Waals surface area contributed by atoms with Gasteiger partial charge in [-0.05, 0) is 30.3 Å². The first-order chi connectivity index (χ1) is 13.5. The Morgan fingerprint density at radius 3 is 2.54 bits per heavy atom. The number of quaternary nitrogens is 1. The van der Waals surface area contributed by atoms with Gasteiger partial charge in [-0.15, -0.1) is 0 Å². The van der Waals surface area contributed by atoms with Gasteiger partial charge < -0.3 is 15.1 Å². The van der Waals surface area contributed by atoms with Gasteiger partial charge in [-0.25, -0.2) is 0 Å². The molecule has 1 aliphatic heterocycles. The van der Waals surface area contributed by atoms with E-state index in [0.29, 0.717) is 34.9 Å². The minimum atomic E-state index is -0.255. The normalized spacial score (nSPS) is 14.6. The molecule has 3 rings (SSSR count). The van der Waals surface area contributed by atoms with E-state index >= 15 is 0 Å². The molecule has 0 radical (unpaired) electrons. The van der Waals surface area contributed by atoms with Gasteiger partial charge in [-0.2, -0.15) is 0 Å². The van der Waals surface area contributed by atoms with Crippen molar-refractivity contribution in [1.29, 1.82) is 0 Å². The van der Waals surface area contributed by atoms with Crippen LogP contribution in [0.2, 0.25) is 5.02 Å². The number of piperazine rings is 1. The molecule has 1 saturated heterocycles. The molecule has 0 aromatic heterocycles. The van der Waals surface area contributed by atoms with Crippen LogP contribution in [0.5, 0.6) is 0 Å². The van der Waals surface area contributed by atoms with E-state index in [9.17, 15) is 14.4 Å². The lowest BCUT2D eigenvalue weighted by molar-refractivity contribution is -0.895. The van der Waals surface area contributed by atoms with Crippen LogP contribution in [0.4, 0.5) is 5.69 Å². The Kier molecular flexibility index (Phi) is 6.83. The van der Waals surface area contributed by atoms with Crippen LogP contribution in [0.15, 0.2) is 46.9 Å². The fourth-order valence-corrected chi connectivity index (χ4v) is 3.73. The average Bonchev–Trinajstić information content (AvgIpc) is 2.70. The Morgan fingerprint density at radius 2 is 1.86 bits per heavy atom. The molecule has 8 heteroatoms. The summed E-state index contributed by atoms with van der Waals surface area (Å²) in [5.74, 6) is -0.431. The molecule has 0 saturated carbocycles. The number of nitrogens with one attached hydrogen (secondary N) is 2. The second-order valence-corrected chi connectivity index (χ2v) is 7.94. The lowest BCUT2D eigenvalue weighted by Crippen LogP contribution is -3.15. The summed E-state index contributed by atoms with van der Waals surface area (Å²) >= 11 is 9.55. The smallest absolute Gasteiger partial charge is 0.279 e. The highest BCUT2D eigenvalue weighted by Crippen LogP contribution is 2.26. The molecular formula is C20H20BrClN3O3+. The monoisotopic (exact) mass is 464 g/mol. The molecule has 0 aliphatic carbocycles. The van der Waals surface area contributed by atoms with Crippen molar-refractivity contribution < 1.29 is 19.3 Å². The van der Waals surface area contributed by atoms with Gasteiger partial charge in [0.25, 0.3) is 5.91 Å². The van der Waals surface area contributed by atoms with Crippen LogP contribution in [0.3, 0.4) is 0 Å². The standard InChI is InChI=1S/C20H19BrClN3O3/c21-14-5-6-18(16(11-14)20(28)15-3-1-2-4-17(15)22)23-19(27)12-24-7-9-25(13-26)10-8-24/h1-6,11,13H,7-10,12H2,(H,23,27)/p+1. The van der Waals surface area contributed by atoms with Crippen molar-refractivity contribution >= 4 is 51.3 Å². The highest BCUT2D eigenvalue weighted by Gasteiger charge is 2.23. The van der Waals surface area contributed by atoms with Crippen molar-refractivity contribution in [3.8, 4) is 0 Å². The van der Waals surface area contributed by atoms with E-state index in [0.717, 1.165) is 28.9 Å². The maximum atomic E-state index is 13.0. The van der Waals surface area contributed by atoms with Crippen molar-refractivity contribution in [3.05, 3.63) is 63.1 Å². The fraction of sp³-hybridized carbons (Fsp3) is 0.250. The molecular weight excluding hydrogens is 446 g/mol. The second kappa shape index (κ2) is 9.32. The molecule has 1 fully saturated rings. The summed E-state index contributed by atoms with van der Waals surface area (Å²) in [6.45, 7) is 3.00.